The molecule has 0 aromatic carbocycles. The van der Waals surface area contributed by atoms with Gasteiger partial charge in [0.1, 0.15) is 11.5 Å². The Hall–Kier alpha value is -1.29. The summed E-state index contributed by atoms with van der Waals surface area (Å²) in [5.41, 5.74) is 0.0421. The Bertz CT molecular complexity index is 270. The predicted octanol–water partition coefficient (Wildman–Crippen LogP) is -0.174. The van der Waals surface area contributed by atoms with E-state index in [9.17, 15) is 9.59 Å². The minimum atomic E-state index is -0.707. The van der Waals surface area contributed by atoms with Gasteiger partial charge in [0.15, 0.2) is 0 Å². The highest BCUT2D eigenvalue weighted by Crippen LogP contribution is 2.02. The van der Waals surface area contributed by atoms with Crippen LogP contribution in [0.15, 0.2) is 24.2 Å². The number of rotatable bonds is 1. The van der Waals surface area contributed by atoms with Crippen LogP contribution in [-0.4, -0.2) is 11.1 Å². The summed E-state index contributed by atoms with van der Waals surface area (Å²) in [6.07, 6.45) is 1.07. The number of hydrogen-bond donors (Lipinski definition) is 2. The highest BCUT2D eigenvalue weighted by molar-refractivity contribution is 6.67. The minimum absolute atomic E-state index is 0.0421. The fourth-order valence-corrected chi connectivity index (χ4v) is 0.753. The molecule has 1 rings (SSSR count). The fraction of sp³-hybridized carbons (Fsp3) is 0. The second kappa shape index (κ2) is 2.75. The standard InChI is InChI=1S/C6H5ClN2O2/c1-3-8-4(6(7)11)2-5(10)9-3/h2,8H,1H2,(H,9,10). The number of carbonyl (C=O) groups excluding carboxylic acids is 2. The van der Waals surface area contributed by atoms with Gasteiger partial charge in [-0.1, -0.05) is 6.58 Å². The first-order valence-electron chi connectivity index (χ1n) is 2.78. The van der Waals surface area contributed by atoms with Gasteiger partial charge in [-0.15, -0.1) is 0 Å². The fourth-order valence-electron chi connectivity index (χ4n) is 0.652. The number of halogens is 1. The van der Waals surface area contributed by atoms with Gasteiger partial charge < -0.3 is 10.6 Å². The van der Waals surface area contributed by atoms with Gasteiger partial charge >= 0.3 is 0 Å². The van der Waals surface area contributed by atoms with Crippen molar-refractivity contribution < 1.29 is 9.59 Å². The van der Waals surface area contributed by atoms with Gasteiger partial charge in [-0.05, 0) is 11.6 Å². The summed E-state index contributed by atoms with van der Waals surface area (Å²) in [5, 5.41) is 4.12. The molecule has 4 nitrogen and oxygen atoms in total. The van der Waals surface area contributed by atoms with Crippen LogP contribution in [0.1, 0.15) is 0 Å². The second-order valence-electron chi connectivity index (χ2n) is 1.92. The molecule has 1 aliphatic rings. The van der Waals surface area contributed by atoms with Gasteiger partial charge in [0.25, 0.3) is 11.1 Å². The predicted molar refractivity (Wildman–Crippen MR) is 39.4 cm³/mol. The monoisotopic (exact) mass is 172 g/mol. The summed E-state index contributed by atoms with van der Waals surface area (Å²) in [4.78, 5) is 21.2. The van der Waals surface area contributed by atoms with E-state index in [-0.39, 0.29) is 11.5 Å². The van der Waals surface area contributed by atoms with Gasteiger partial charge in [0.2, 0.25) is 0 Å². The molecule has 0 unspecified atom stereocenters. The van der Waals surface area contributed by atoms with Crippen molar-refractivity contribution in [3.63, 3.8) is 0 Å². The molecule has 0 aromatic rings. The summed E-state index contributed by atoms with van der Waals surface area (Å²) >= 11 is 5.10. The molecule has 0 atom stereocenters. The summed E-state index contributed by atoms with van der Waals surface area (Å²) in [6, 6.07) is 0. The SMILES string of the molecule is C=C1NC(=O)C=C(C(=O)Cl)N1. The van der Waals surface area contributed by atoms with Crippen LogP contribution >= 0.6 is 11.6 Å². The van der Waals surface area contributed by atoms with Crippen molar-refractivity contribution in [3.05, 3.63) is 24.2 Å². The van der Waals surface area contributed by atoms with Crippen LogP contribution in [0.3, 0.4) is 0 Å². The van der Waals surface area contributed by atoms with Crippen LogP contribution in [0, 0.1) is 0 Å². The van der Waals surface area contributed by atoms with Crippen molar-refractivity contribution in [2.45, 2.75) is 0 Å². The summed E-state index contributed by atoms with van der Waals surface area (Å²) < 4.78 is 0. The highest BCUT2D eigenvalue weighted by Gasteiger charge is 2.15. The normalized spacial score (nSPS) is 16.6. The number of hydrogen-bond acceptors (Lipinski definition) is 3. The van der Waals surface area contributed by atoms with E-state index < -0.39 is 11.1 Å². The van der Waals surface area contributed by atoms with Crippen molar-refractivity contribution >= 4 is 22.8 Å². The molecule has 1 amide bonds. The molecule has 11 heavy (non-hydrogen) atoms. The molecule has 5 heteroatoms. The lowest BCUT2D eigenvalue weighted by atomic mass is 10.3. The Morgan fingerprint density at radius 2 is 2.18 bits per heavy atom. The number of amides is 1. The molecular weight excluding hydrogens is 168 g/mol. The maximum Gasteiger partial charge on any atom is 0.268 e. The summed E-state index contributed by atoms with van der Waals surface area (Å²) in [7, 11) is 0. The molecule has 1 heterocycles. The van der Waals surface area contributed by atoms with Crippen LogP contribution in [0.5, 0.6) is 0 Å². The summed E-state index contributed by atoms with van der Waals surface area (Å²) in [5.74, 6) is -0.153. The molecule has 0 saturated heterocycles. The van der Waals surface area contributed by atoms with Crippen molar-refractivity contribution in [1.29, 1.82) is 0 Å². The number of nitrogens with one attached hydrogen (secondary N) is 2. The van der Waals surface area contributed by atoms with E-state index in [1.165, 1.54) is 0 Å². The highest BCUT2D eigenvalue weighted by atomic mass is 35.5. The zero-order valence-electron chi connectivity index (χ0n) is 5.48. The topological polar surface area (TPSA) is 58.2 Å². The van der Waals surface area contributed by atoms with Crippen LogP contribution in [0.2, 0.25) is 0 Å². The van der Waals surface area contributed by atoms with Gasteiger partial charge in [-0.2, -0.15) is 0 Å². The third-order valence-corrected chi connectivity index (χ3v) is 1.25. The van der Waals surface area contributed by atoms with Crippen LogP contribution in [-0.2, 0) is 9.59 Å². The zero-order valence-corrected chi connectivity index (χ0v) is 6.23. The minimum Gasteiger partial charge on any atom is -0.338 e. The third-order valence-electron chi connectivity index (χ3n) is 1.05. The Kier molecular flexibility index (Phi) is 1.96. The number of carbonyl (C=O) groups is 2. The maximum absolute atomic E-state index is 10.7. The van der Waals surface area contributed by atoms with Crippen molar-refractivity contribution in [2.24, 2.45) is 0 Å². The van der Waals surface area contributed by atoms with Crippen molar-refractivity contribution in [1.82, 2.24) is 10.6 Å². The average Bonchev–Trinajstić information content (AvgIpc) is 1.85. The Morgan fingerprint density at radius 3 is 2.64 bits per heavy atom. The summed E-state index contributed by atoms with van der Waals surface area (Å²) in [6.45, 7) is 3.40. The first kappa shape index (κ1) is 7.81. The molecule has 0 radical (unpaired) electrons. The van der Waals surface area contributed by atoms with Gasteiger partial charge in [0, 0.05) is 6.08 Å². The molecule has 0 spiro atoms. The smallest absolute Gasteiger partial charge is 0.268 e. The van der Waals surface area contributed by atoms with Crippen LogP contribution in [0.4, 0.5) is 0 Å². The Balaban J connectivity index is 2.89. The molecule has 58 valence electrons. The largest absolute Gasteiger partial charge is 0.338 e. The van der Waals surface area contributed by atoms with Crippen molar-refractivity contribution in [2.75, 3.05) is 0 Å². The maximum atomic E-state index is 10.7. The quantitative estimate of drug-likeness (QED) is 0.540. The molecule has 0 saturated carbocycles. The number of allylic oxidation sites excluding steroid dienone is 1. The van der Waals surface area contributed by atoms with Crippen LogP contribution in [0.25, 0.3) is 0 Å². The average molecular weight is 173 g/mol. The van der Waals surface area contributed by atoms with E-state index >= 15 is 0 Å². The second-order valence-corrected chi connectivity index (χ2v) is 2.27. The molecule has 1 aliphatic heterocycles. The lowest BCUT2D eigenvalue weighted by Crippen LogP contribution is -2.36. The molecule has 0 bridgehead atoms. The van der Waals surface area contributed by atoms with Gasteiger partial charge in [-0.3, -0.25) is 9.59 Å². The van der Waals surface area contributed by atoms with Crippen LogP contribution < -0.4 is 10.6 Å². The first-order valence-corrected chi connectivity index (χ1v) is 3.16. The molecule has 0 aromatic heterocycles. The van der Waals surface area contributed by atoms with E-state index in [0.717, 1.165) is 6.08 Å². The zero-order chi connectivity index (χ0) is 8.43. The molecule has 2 N–H and O–H groups in total. The van der Waals surface area contributed by atoms with Gasteiger partial charge in [-0.25, -0.2) is 0 Å². The van der Waals surface area contributed by atoms with E-state index in [1.807, 2.05) is 0 Å². The molecule has 0 aliphatic carbocycles. The first-order chi connectivity index (χ1) is 5.09. The Morgan fingerprint density at radius 1 is 1.55 bits per heavy atom. The van der Waals surface area contributed by atoms with E-state index in [1.54, 1.807) is 0 Å². The lowest BCUT2D eigenvalue weighted by Gasteiger charge is -2.14. The van der Waals surface area contributed by atoms with E-state index in [0.29, 0.717) is 0 Å². The molecule has 0 fully saturated rings. The Labute approximate surface area is 67.9 Å². The van der Waals surface area contributed by atoms with E-state index in [4.69, 9.17) is 11.6 Å². The van der Waals surface area contributed by atoms with Crippen molar-refractivity contribution in [3.8, 4) is 0 Å². The van der Waals surface area contributed by atoms with E-state index in [2.05, 4.69) is 17.2 Å². The molecular formula is C6H5ClN2O2. The lowest BCUT2D eigenvalue weighted by molar-refractivity contribution is -0.117. The third kappa shape index (κ3) is 1.81. The van der Waals surface area contributed by atoms with Gasteiger partial charge in [0.05, 0.1) is 0 Å².